The molecule has 1 saturated carbocycles. The molecule has 18 heteroatoms. The highest BCUT2D eigenvalue weighted by atomic mass is 19.3. The highest BCUT2D eigenvalue weighted by Gasteiger charge is 2.49. The first kappa shape index (κ1) is 42.8. The first-order chi connectivity index (χ1) is 30.3. The number of hydrogen-bond acceptors (Lipinski definition) is 12. The van der Waals surface area contributed by atoms with Gasteiger partial charge in [-0.2, -0.15) is 13.8 Å². The number of nitrogens with one attached hydrogen (secondary N) is 3. The van der Waals surface area contributed by atoms with E-state index in [1.807, 2.05) is 11.1 Å². The number of nitrogens with zero attached hydrogens (tertiary/aromatic N) is 7. The van der Waals surface area contributed by atoms with Crippen LogP contribution in [0.15, 0.2) is 42.6 Å². The molecule has 4 amide bonds. The van der Waals surface area contributed by atoms with Crippen molar-refractivity contribution in [2.75, 3.05) is 86.5 Å². The Hall–Kier alpha value is -5.49. The van der Waals surface area contributed by atoms with Gasteiger partial charge in [-0.1, -0.05) is 18.9 Å². The second kappa shape index (κ2) is 17.2. The van der Waals surface area contributed by atoms with Gasteiger partial charge in [0.1, 0.15) is 17.3 Å². The average Bonchev–Trinajstić information content (AvgIpc) is 3.79. The summed E-state index contributed by atoms with van der Waals surface area (Å²) in [6.07, 6.45) is 9.40. The number of amides is 4. The Balaban J connectivity index is 0.740. The summed E-state index contributed by atoms with van der Waals surface area (Å²) in [5, 5.41) is 7.45. The average molecular weight is 873 g/mol. The molecule has 4 saturated heterocycles. The fraction of sp³-hybridized carbons (Fsp3) is 0.556. The van der Waals surface area contributed by atoms with Crippen LogP contribution >= 0.6 is 0 Å². The monoisotopic (exact) mass is 872 g/mol. The zero-order valence-corrected chi connectivity index (χ0v) is 35.8. The van der Waals surface area contributed by atoms with Crippen molar-refractivity contribution >= 4 is 52.5 Å². The van der Waals surface area contributed by atoms with Gasteiger partial charge >= 0.3 is 5.92 Å². The van der Waals surface area contributed by atoms with Crippen molar-refractivity contribution in [3.05, 3.63) is 59.5 Å². The normalized spacial score (nSPS) is 23.3. The summed E-state index contributed by atoms with van der Waals surface area (Å²) in [6.45, 7) is 5.35. The number of ether oxygens (including phenoxy) is 1. The third-order valence-corrected chi connectivity index (χ3v) is 14.2. The lowest BCUT2D eigenvalue weighted by Gasteiger charge is -2.54. The van der Waals surface area contributed by atoms with Crippen LogP contribution in [-0.2, 0) is 14.4 Å². The van der Waals surface area contributed by atoms with Crippen LogP contribution in [0.2, 0.25) is 0 Å². The van der Waals surface area contributed by atoms with E-state index in [0.29, 0.717) is 40.6 Å². The molecule has 336 valence electrons. The minimum absolute atomic E-state index is 0.144. The number of alkyl halides is 2. The summed E-state index contributed by atoms with van der Waals surface area (Å²) in [5.74, 6) is -5.29. The second-order valence-corrected chi connectivity index (χ2v) is 18.3. The van der Waals surface area contributed by atoms with Crippen molar-refractivity contribution in [3.63, 3.8) is 0 Å². The summed E-state index contributed by atoms with van der Waals surface area (Å²) in [4.78, 5) is 66.1. The fourth-order valence-corrected chi connectivity index (χ4v) is 10.5. The molecule has 6 heterocycles. The largest absolute Gasteiger partial charge is 0.495 e. The third-order valence-electron chi connectivity index (χ3n) is 14.2. The van der Waals surface area contributed by atoms with Crippen LogP contribution in [0.25, 0.3) is 0 Å². The van der Waals surface area contributed by atoms with E-state index in [0.717, 1.165) is 102 Å². The number of aromatic nitrogens is 2. The number of hydrogen-bond donors (Lipinski definition) is 3. The molecule has 1 unspecified atom stereocenters. The summed E-state index contributed by atoms with van der Waals surface area (Å²) in [6, 6.07) is 9.88. The zero-order valence-electron chi connectivity index (χ0n) is 35.8. The molecule has 1 aromatic heterocycles. The lowest BCUT2D eigenvalue weighted by Crippen LogP contribution is -2.65. The van der Waals surface area contributed by atoms with Crippen LogP contribution in [0.3, 0.4) is 0 Å². The van der Waals surface area contributed by atoms with Crippen LogP contribution in [0.1, 0.15) is 86.0 Å². The number of anilines is 5. The number of piperidine rings is 3. The number of imide groups is 1. The quantitative estimate of drug-likeness (QED) is 0.229. The van der Waals surface area contributed by atoms with E-state index in [9.17, 15) is 19.2 Å². The summed E-state index contributed by atoms with van der Waals surface area (Å²) in [5.41, 5.74) is 5.49. The summed E-state index contributed by atoms with van der Waals surface area (Å²) < 4.78 is 51.0. The number of hydrazine groups is 1. The molecule has 1 atom stereocenters. The van der Waals surface area contributed by atoms with Gasteiger partial charge in [0, 0.05) is 63.2 Å². The molecule has 9 rings (SSSR count). The van der Waals surface area contributed by atoms with Gasteiger partial charge in [-0.3, -0.25) is 29.9 Å². The van der Waals surface area contributed by atoms with Crippen LogP contribution in [0, 0.1) is 17.2 Å². The maximum Gasteiger partial charge on any atom is 0.342 e. The van der Waals surface area contributed by atoms with Crippen LogP contribution in [-0.4, -0.2) is 122 Å². The number of likely N-dealkylation sites (tertiary alicyclic amines) is 1. The van der Waals surface area contributed by atoms with E-state index in [4.69, 9.17) is 4.74 Å². The van der Waals surface area contributed by atoms with Crippen molar-refractivity contribution in [1.29, 1.82) is 0 Å². The van der Waals surface area contributed by atoms with Crippen molar-refractivity contribution < 1.29 is 37.1 Å². The van der Waals surface area contributed by atoms with Gasteiger partial charge in [-0.15, -0.1) is 0 Å². The van der Waals surface area contributed by atoms with Crippen molar-refractivity contribution in [3.8, 4) is 5.75 Å². The molecular formula is C45H55F3N10O5. The number of methoxy groups -OCH3 is 1. The third kappa shape index (κ3) is 8.75. The molecule has 3 aromatic rings. The van der Waals surface area contributed by atoms with Gasteiger partial charge < -0.3 is 29.7 Å². The van der Waals surface area contributed by atoms with E-state index in [1.54, 1.807) is 29.2 Å². The van der Waals surface area contributed by atoms with Gasteiger partial charge in [-0.05, 0) is 99.8 Å². The SMILES string of the molecule is COc1cc(C(=O)NN2CC3(CCN(CC4CCN(c5ccc(C6CCC(=O)NC6=O)cc5F)CC4)CC3)C2)ccc1Nc1ncc2c(n1)N(C1CCCC1)CC(F)(F)C(=O)N2C. The highest BCUT2D eigenvalue weighted by molar-refractivity contribution is 6.02. The highest BCUT2D eigenvalue weighted by Crippen LogP contribution is 2.42. The lowest BCUT2D eigenvalue weighted by atomic mass is 9.72. The molecule has 1 aliphatic carbocycles. The van der Waals surface area contributed by atoms with Crippen LogP contribution < -0.4 is 35.5 Å². The Morgan fingerprint density at radius 2 is 1.68 bits per heavy atom. The predicted molar refractivity (Wildman–Crippen MR) is 230 cm³/mol. The van der Waals surface area contributed by atoms with E-state index in [-0.39, 0.29) is 58.9 Å². The topological polar surface area (TPSA) is 156 Å². The van der Waals surface area contributed by atoms with Gasteiger partial charge in [0.15, 0.2) is 5.82 Å². The van der Waals surface area contributed by atoms with Crippen LogP contribution in [0.5, 0.6) is 5.75 Å². The lowest BCUT2D eigenvalue weighted by molar-refractivity contribution is -0.140. The molecule has 1 spiro atoms. The van der Waals surface area contributed by atoms with Crippen molar-refractivity contribution in [2.24, 2.45) is 11.3 Å². The molecule has 3 N–H and O–H groups in total. The molecule has 0 bridgehead atoms. The molecule has 2 aromatic carbocycles. The van der Waals surface area contributed by atoms with Gasteiger partial charge in [-0.25, -0.2) is 14.4 Å². The summed E-state index contributed by atoms with van der Waals surface area (Å²) >= 11 is 0. The van der Waals surface area contributed by atoms with E-state index in [1.165, 1.54) is 26.4 Å². The predicted octanol–water partition coefficient (Wildman–Crippen LogP) is 5.21. The number of halogens is 3. The van der Waals surface area contributed by atoms with Gasteiger partial charge in [0.25, 0.3) is 11.8 Å². The first-order valence-corrected chi connectivity index (χ1v) is 22.2. The molecule has 15 nitrogen and oxygen atoms in total. The fourth-order valence-electron chi connectivity index (χ4n) is 10.5. The Kier molecular flexibility index (Phi) is 11.7. The van der Waals surface area contributed by atoms with Gasteiger partial charge in [0.2, 0.25) is 17.8 Å². The van der Waals surface area contributed by atoms with E-state index < -0.39 is 24.3 Å². The van der Waals surface area contributed by atoms with Crippen LogP contribution in [0.4, 0.5) is 42.0 Å². The van der Waals surface area contributed by atoms with Crippen molar-refractivity contribution in [2.45, 2.75) is 82.1 Å². The minimum atomic E-state index is -3.58. The molecule has 6 aliphatic rings. The Morgan fingerprint density at radius 3 is 2.38 bits per heavy atom. The Morgan fingerprint density at radius 1 is 0.937 bits per heavy atom. The molecular weight excluding hydrogens is 818 g/mol. The zero-order chi connectivity index (χ0) is 44.0. The van der Waals surface area contributed by atoms with Crippen molar-refractivity contribution in [1.82, 2.24) is 30.6 Å². The molecule has 5 aliphatic heterocycles. The molecule has 0 radical (unpaired) electrons. The maximum absolute atomic E-state index is 15.3. The second-order valence-electron chi connectivity index (χ2n) is 18.3. The number of fused-ring (bicyclic) bond motifs is 1. The Bertz CT molecular complexity index is 2250. The number of carbonyl (C=O) groups excluding carboxylic acids is 4. The van der Waals surface area contributed by atoms with Gasteiger partial charge in [0.05, 0.1) is 37.1 Å². The summed E-state index contributed by atoms with van der Waals surface area (Å²) in [7, 11) is 2.81. The number of benzene rings is 2. The first-order valence-electron chi connectivity index (χ1n) is 22.2. The smallest absolute Gasteiger partial charge is 0.342 e. The number of rotatable bonds is 10. The minimum Gasteiger partial charge on any atom is -0.495 e. The standard InChI is InChI=1S/C45H55F3N10O5/c1-54-36-23-49-43(52-39(36)58(31-5-3-4-6-31)27-45(47,48)42(54)62)50-34-10-7-30(22-37(34)63-2)40(60)53-57-25-44(26-57)15-19-55(20-16-44)24-28-13-17-56(18-14-28)35-11-8-29(21-33(35)46)32-9-12-38(59)51-41(32)61/h7-8,10-11,21-23,28,31-32H,3-6,9,12-20,24-27H2,1-2H3,(H,53,60)(H,49,50,52)(H,51,59,61). The molecule has 5 fully saturated rings. The van der Waals surface area contributed by atoms with E-state index in [2.05, 4.69) is 35.8 Å². The number of carbonyl (C=O) groups is 4. The maximum atomic E-state index is 15.3. The molecule has 63 heavy (non-hydrogen) atoms. The van der Waals surface area contributed by atoms with E-state index >= 15 is 13.2 Å². The Labute approximate surface area is 364 Å².